The second kappa shape index (κ2) is 4.75. The lowest BCUT2D eigenvalue weighted by molar-refractivity contribution is 0.145. The second-order valence-corrected chi connectivity index (χ2v) is 5.05. The van der Waals surface area contributed by atoms with Crippen molar-refractivity contribution >= 4 is 5.82 Å². The average molecular weight is 229 g/mol. The molecule has 1 fully saturated rings. The molecule has 2 rings (SSSR count). The predicted octanol–water partition coefficient (Wildman–Crippen LogP) is 3.25. The van der Waals surface area contributed by atoms with E-state index >= 15 is 0 Å². The number of nitrogens with one attached hydrogen (secondary N) is 1. The van der Waals surface area contributed by atoms with Crippen LogP contribution in [-0.4, -0.2) is 11.5 Å². The molecule has 0 radical (unpaired) electrons. The maximum Gasteiger partial charge on any atom is 0.127 e. The normalized spacial score (nSPS) is 17.0. The van der Waals surface area contributed by atoms with Gasteiger partial charge in [-0.2, -0.15) is 5.26 Å². The van der Waals surface area contributed by atoms with Gasteiger partial charge in [0.25, 0.3) is 0 Å². The minimum absolute atomic E-state index is 0.470. The SMILES string of the molecule is CCC1(CNc2cc(C#N)cc(C)n2)CCC1. The summed E-state index contributed by atoms with van der Waals surface area (Å²) in [7, 11) is 0. The van der Waals surface area contributed by atoms with E-state index in [0.717, 1.165) is 18.1 Å². The molecule has 1 N–H and O–H groups in total. The van der Waals surface area contributed by atoms with Gasteiger partial charge in [-0.25, -0.2) is 4.98 Å². The largest absolute Gasteiger partial charge is 0.369 e. The van der Waals surface area contributed by atoms with E-state index < -0.39 is 0 Å². The van der Waals surface area contributed by atoms with Gasteiger partial charge in [0.05, 0.1) is 11.6 Å². The molecule has 1 heterocycles. The summed E-state index contributed by atoms with van der Waals surface area (Å²) in [5.74, 6) is 0.835. The first-order valence-corrected chi connectivity index (χ1v) is 6.30. The molecule has 17 heavy (non-hydrogen) atoms. The molecule has 0 unspecified atom stereocenters. The van der Waals surface area contributed by atoms with Gasteiger partial charge >= 0.3 is 0 Å². The van der Waals surface area contributed by atoms with Gasteiger partial charge in [-0.1, -0.05) is 13.3 Å². The number of aryl methyl sites for hydroxylation is 1. The highest BCUT2D eigenvalue weighted by Gasteiger charge is 2.34. The minimum atomic E-state index is 0.470. The van der Waals surface area contributed by atoms with E-state index in [2.05, 4.69) is 23.3 Å². The molecule has 90 valence electrons. The Balaban J connectivity index is 2.04. The molecule has 1 aliphatic rings. The highest BCUT2D eigenvalue weighted by molar-refractivity contribution is 5.44. The van der Waals surface area contributed by atoms with E-state index in [9.17, 15) is 0 Å². The van der Waals surface area contributed by atoms with Crippen molar-refractivity contribution in [2.75, 3.05) is 11.9 Å². The average Bonchev–Trinajstić information content (AvgIpc) is 2.27. The van der Waals surface area contributed by atoms with Crippen LogP contribution in [0.5, 0.6) is 0 Å². The highest BCUT2D eigenvalue weighted by Crippen LogP contribution is 2.43. The Morgan fingerprint density at radius 1 is 1.47 bits per heavy atom. The van der Waals surface area contributed by atoms with Crippen LogP contribution in [-0.2, 0) is 0 Å². The van der Waals surface area contributed by atoms with E-state index in [1.165, 1.54) is 25.7 Å². The van der Waals surface area contributed by atoms with Gasteiger partial charge in [0, 0.05) is 12.2 Å². The maximum atomic E-state index is 8.91. The van der Waals surface area contributed by atoms with Crippen LogP contribution in [0.1, 0.15) is 43.9 Å². The first-order valence-electron chi connectivity index (χ1n) is 6.30. The van der Waals surface area contributed by atoms with Gasteiger partial charge in [0.15, 0.2) is 0 Å². The van der Waals surface area contributed by atoms with Crippen LogP contribution >= 0.6 is 0 Å². The zero-order valence-electron chi connectivity index (χ0n) is 10.6. The van der Waals surface area contributed by atoms with Crippen LogP contribution in [0, 0.1) is 23.7 Å². The lowest BCUT2D eigenvalue weighted by Crippen LogP contribution is -2.36. The van der Waals surface area contributed by atoms with E-state index in [1.54, 1.807) is 0 Å². The number of hydrogen-bond acceptors (Lipinski definition) is 3. The van der Waals surface area contributed by atoms with Crippen molar-refractivity contribution < 1.29 is 0 Å². The summed E-state index contributed by atoms with van der Waals surface area (Å²) >= 11 is 0. The number of nitriles is 1. The molecule has 1 aromatic rings. The van der Waals surface area contributed by atoms with Gasteiger partial charge in [-0.05, 0) is 43.7 Å². The third-order valence-electron chi connectivity index (χ3n) is 3.89. The lowest BCUT2D eigenvalue weighted by atomic mass is 9.67. The number of pyridine rings is 1. The van der Waals surface area contributed by atoms with Crippen molar-refractivity contribution in [3.05, 3.63) is 23.4 Å². The molecule has 0 amide bonds. The Morgan fingerprint density at radius 2 is 2.24 bits per heavy atom. The fourth-order valence-corrected chi connectivity index (χ4v) is 2.43. The fraction of sp³-hybridized carbons (Fsp3) is 0.571. The molecule has 1 aliphatic carbocycles. The van der Waals surface area contributed by atoms with Gasteiger partial charge in [-0.3, -0.25) is 0 Å². The minimum Gasteiger partial charge on any atom is -0.369 e. The van der Waals surface area contributed by atoms with E-state index in [0.29, 0.717) is 11.0 Å². The number of aromatic nitrogens is 1. The molecule has 0 atom stereocenters. The fourth-order valence-electron chi connectivity index (χ4n) is 2.43. The van der Waals surface area contributed by atoms with Gasteiger partial charge in [0.1, 0.15) is 5.82 Å². The van der Waals surface area contributed by atoms with Crippen LogP contribution in [0.2, 0.25) is 0 Å². The van der Waals surface area contributed by atoms with Crippen LogP contribution in [0.4, 0.5) is 5.82 Å². The first kappa shape index (κ1) is 11.9. The molecule has 1 saturated carbocycles. The zero-order chi connectivity index (χ0) is 12.3. The summed E-state index contributed by atoms with van der Waals surface area (Å²) in [6.07, 6.45) is 5.19. The summed E-state index contributed by atoms with van der Waals surface area (Å²) in [5.41, 5.74) is 2.04. The number of rotatable bonds is 4. The molecule has 1 aromatic heterocycles. The van der Waals surface area contributed by atoms with Crippen LogP contribution in [0.15, 0.2) is 12.1 Å². The number of nitrogens with zero attached hydrogens (tertiary/aromatic N) is 2. The monoisotopic (exact) mass is 229 g/mol. The molecular formula is C14H19N3. The first-order chi connectivity index (χ1) is 8.17. The number of hydrogen-bond donors (Lipinski definition) is 1. The Bertz CT molecular complexity index is 436. The Morgan fingerprint density at radius 3 is 2.76 bits per heavy atom. The van der Waals surface area contributed by atoms with Crippen molar-refractivity contribution in [2.45, 2.75) is 39.5 Å². The summed E-state index contributed by atoms with van der Waals surface area (Å²) in [5, 5.41) is 12.3. The zero-order valence-corrected chi connectivity index (χ0v) is 10.6. The standard InChI is InChI=1S/C14H19N3/c1-3-14(5-4-6-14)10-16-13-8-12(9-15)7-11(2)17-13/h7-8H,3-6,10H2,1-2H3,(H,16,17). The van der Waals surface area contributed by atoms with Crippen molar-refractivity contribution in [1.82, 2.24) is 4.98 Å². The quantitative estimate of drug-likeness (QED) is 0.862. The van der Waals surface area contributed by atoms with Crippen molar-refractivity contribution in [2.24, 2.45) is 5.41 Å². The second-order valence-electron chi connectivity index (χ2n) is 5.05. The van der Waals surface area contributed by atoms with Crippen LogP contribution in [0.3, 0.4) is 0 Å². The predicted molar refractivity (Wildman–Crippen MR) is 68.8 cm³/mol. The van der Waals surface area contributed by atoms with Crippen molar-refractivity contribution in [3.8, 4) is 6.07 Å². The molecule has 0 bridgehead atoms. The topological polar surface area (TPSA) is 48.7 Å². The number of anilines is 1. The molecule has 3 nitrogen and oxygen atoms in total. The summed E-state index contributed by atoms with van der Waals surface area (Å²) in [6, 6.07) is 5.81. The third kappa shape index (κ3) is 2.58. The Labute approximate surface area is 103 Å². The molecule has 0 saturated heterocycles. The van der Waals surface area contributed by atoms with E-state index in [-0.39, 0.29) is 0 Å². The molecule has 0 aliphatic heterocycles. The van der Waals surface area contributed by atoms with Gasteiger partial charge in [0.2, 0.25) is 0 Å². The smallest absolute Gasteiger partial charge is 0.127 e. The molecule has 0 aromatic carbocycles. The van der Waals surface area contributed by atoms with E-state index in [1.807, 2.05) is 19.1 Å². The summed E-state index contributed by atoms with van der Waals surface area (Å²) in [4.78, 5) is 4.42. The Kier molecular flexibility index (Phi) is 3.33. The highest BCUT2D eigenvalue weighted by atomic mass is 15.0. The summed E-state index contributed by atoms with van der Waals surface area (Å²) in [6.45, 7) is 5.15. The lowest BCUT2D eigenvalue weighted by Gasteiger charge is -2.41. The van der Waals surface area contributed by atoms with Crippen molar-refractivity contribution in [3.63, 3.8) is 0 Å². The molecule has 3 heteroatoms. The van der Waals surface area contributed by atoms with Crippen molar-refractivity contribution in [1.29, 1.82) is 5.26 Å². The molecular weight excluding hydrogens is 210 g/mol. The van der Waals surface area contributed by atoms with Gasteiger partial charge in [-0.15, -0.1) is 0 Å². The van der Waals surface area contributed by atoms with Crippen LogP contribution < -0.4 is 5.32 Å². The Hall–Kier alpha value is -1.56. The van der Waals surface area contributed by atoms with Gasteiger partial charge < -0.3 is 5.32 Å². The van der Waals surface area contributed by atoms with E-state index in [4.69, 9.17) is 5.26 Å². The van der Waals surface area contributed by atoms with Crippen LogP contribution in [0.25, 0.3) is 0 Å². The summed E-state index contributed by atoms with van der Waals surface area (Å²) < 4.78 is 0. The third-order valence-corrected chi connectivity index (χ3v) is 3.89. The molecule has 0 spiro atoms. The maximum absolute atomic E-state index is 8.91.